The molecule has 1 rings (SSSR count). The van der Waals surface area contributed by atoms with Gasteiger partial charge in [0.1, 0.15) is 0 Å². The predicted molar refractivity (Wildman–Crippen MR) is 93.6 cm³/mol. The van der Waals surface area contributed by atoms with Gasteiger partial charge in [0.15, 0.2) is 0 Å². The van der Waals surface area contributed by atoms with E-state index < -0.39 is 0 Å². The lowest BCUT2D eigenvalue weighted by atomic mass is 10.0. The molecule has 1 aromatic carbocycles. The SMILES string of the molecule is CCCNC(C)c1cc(Br)ccc1N(C)CCC(C)C. The van der Waals surface area contributed by atoms with E-state index in [1.165, 1.54) is 17.7 Å². The van der Waals surface area contributed by atoms with Gasteiger partial charge < -0.3 is 10.2 Å². The Morgan fingerprint density at radius 3 is 2.55 bits per heavy atom. The van der Waals surface area contributed by atoms with Crippen LogP contribution in [0, 0.1) is 5.92 Å². The highest BCUT2D eigenvalue weighted by Crippen LogP contribution is 2.29. The molecule has 20 heavy (non-hydrogen) atoms. The van der Waals surface area contributed by atoms with Crippen LogP contribution < -0.4 is 10.2 Å². The third-order valence-corrected chi connectivity index (χ3v) is 4.10. The summed E-state index contributed by atoms with van der Waals surface area (Å²) in [6.45, 7) is 11.2. The third-order valence-electron chi connectivity index (χ3n) is 3.61. The van der Waals surface area contributed by atoms with Gasteiger partial charge in [-0.05, 0) is 56.0 Å². The van der Waals surface area contributed by atoms with Gasteiger partial charge in [-0.1, -0.05) is 36.7 Å². The molecule has 0 heterocycles. The maximum atomic E-state index is 3.60. The van der Waals surface area contributed by atoms with E-state index in [-0.39, 0.29) is 0 Å². The zero-order valence-corrected chi connectivity index (χ0v) is 15.1. The van der Waals surface area contributed by atoms with Crippen LogP contribution in [0.5, 0.6) is 0 Å². The highest BCUT2D eigenvalue weighted by atomic mass is 79.9. The van der Waals surface area contributed by atoms with E-state index in [1.807, 2.05) is 0 Å². The summed E-state index contributed by atoms with van der Waals surface area (Å²) >= 11 is 3.60. The molecule has 1 unspecified atom stereocenters. The van der Waals surface area contributed by atoms with Gasteiger partial charge in [0, 0.05) is 29.8 Å². The molecule has 0 radical (unpaired) electrons. The Hall–Kier alpha value is -0.540. The Morgan fingerprint density at radius 2 is 1.95 bits per heavy atom. The van der Waals surface area contributed by atoms with E-state index >= 15 is 0 Å². The largest absolute Gasteiger partial charge is 0.374 e. The molecule has 0 aliphatic heterocycles. The quantitative estimate of drug-likeness (QED) is 0.716. The summed E-state index contributed by atoms with van der Waals surface area (Å²) in [5, 5.41) is 3.59. The molecule has 0 bridgehead atoms. The van der Waals surface area contributed by atoms with Gasteiger partial charge in [-0.3, -0.25) is 0 Å². The Kier molecular flexibility index (Phi) is 7.60. The molecule has 0 saturated heterocycles. The van der Waals surface area contributed by atoms with Crippen LogP contribution in [-0.2, 0) is 0 Å². The molecule has 0 aromatic heterocycles. The van der Waals surface area contributed by atoms with E-state index in [2.05, 4.69) is 79.1 Å². The fourth-order valence-corrected chi connectivity index (χ4v) is 2.64. The number of nitrogens with zero attached hydrogens (tertiary/aromatic N) is 1. The number of hydrogen-bond acceptors (Lipinski definition) is 2. The Morgan fingerprint density at radius 1 is 1.25 bits per heavy atom. The molecule has 0 saturated carbocycles. The molecule has 0 fully saturated rings. The second kappa shape index (κ2) is 8.68. The smallest absolute Gasteiger partial charge is 0.0412 e. The number of halogens is 1. The first kappa shape index (κ1) is 17.5. The standard InChI is InChI=1S/C17H29BrN2/c1-6-10-19-14(4)16-12-15(18)7-8-17(16)20(5)11-9-13(2)3/h7-8,12-14,19H,6,9-11H2,1-5H3. The van der Waals surface area contributed by atoms with E-state index in [0.29, 0.717) is 6.04 Å². The van der Waals surface area contributed by atoms with E-state index in [1.54, 1.807) is 0 Å². The molecule has 3 heteroatoms. The fourth-order valence-electron chi connectivity index (χ4n) is 2.26. The van der Waals surface area contributed by atoms with Crippen LogP contribution in [0.15, 0.2) is 22.7 Å². The summed E-state index contributed by atoms with van der Waals surface area (Å²) in [6.07, 6.45) is 2.39. The number of rotatable bonds is 8. The van der Waals surface area contributed by atoms with Crippen molar-refractivity contribution in [2.45, 2.75) is 46.6 Å². The molecule has 1 aromatic rings. The molecule has 0 aliphatic carbocycles. The molecule has 0 spiro atoms. The van der Waals surface area contributed by atoms with Crippen LogP contribution in [0.25, 0.3) is 0 Å². The van der Waals surface area contributed by atoms with E-state index in [4.69, 9.17) is 0 Å². The monoisotopic (exact) mass is 340 g/mol. The normalized spacial score (nSPS) is 12.8. The predicted octanol–water partition coefficient (Wildman–Crippen LogP) is 4.99. The maximum Gasteiger partial charge on any atom is 0.0412 e. The van der Waals surface area contributed by atoms with Crippen molar-refractivity contribution in [1.29, 1.82) is 0 Å². The van der Waals surface area contributed by atoms with Gasteiger partial charge in [-0.15, -0.1) is 0 Å². The molecular formula is C17H29BrN2. The Bertz CT molecular complexity index is 404. The lowest BCUT2D eigenvalue weighted by Gasteiger charge is -2.26. The maximum absolute atomic E-state index is 3.60. The molecule has 1 N–H and O–H groups in total. The van der Waals surface area contributed by atoms with Crippen molar-refractivity contribution in [3.05, 3.63) is 28.2 Å². The lowest BCUT2D eigenvalue weighted by molar-refractivity contribution is 0.563. The van der Waals surface area contributed by atoms with Crippen molar-refractivity contribution in [3.63, 3.8) is 0 Å². The van der Waals surface area contributed by atoms with Crippen LogP contribution in [0.4, 0.5) is 5.69 Å². The van der Waals surface area contributed by atoms with Crippen molar-refractivity contribution in [2.24, 2.45) is 5.92 Å². The molecule has 0 amide bonds. The van der Waals surface area contributed by atoms with Crippen LogP contribution in [0.2, 0.25) is 0 Å². The number of hydrogen-bond donors (Lipinski definition) is 1. The van der Waals surface area contributed by atoms with Gasteiger partial charge in [0.05, 0.1) is 0 Å². The molecular weight excluding hydrogens is 312 g/mol. The van der Waals surface area contributed by atoms with Crippen molar-refractivity contribution in [1.82, 2.24) is 5.32 Å². The third kappa shape index (κ3) is 5.45. The van der Waals surface area contributed by atoms with Gasteiger partial charge in [-0.25, -0.2) is 0 Å². The number of benzene rings is 1. The summed E-state index contributed by atoms with van der Waals surface area (Å²) in [7, 11) is 2.20. The van der Waals surface area contributed by atoms with Crippen molar-refractivity contribution < 1.29 is 0 Å². The summed E-state index contributed by atoms with van der Waals surface area (Å²) in [5.74, 6) is 0.743. The number of anilines is 1. The average Bonchev–Trinajstić information content (AvgIpc) is 2.41. The Balaban J connectivity index is 2.88. The van der Waals surface area contributed by atoms with Crippen molar-refractivity contribution in [2.75, 3.05) is 25.0 Å². The zero-order chi connectivity index (χ0) is 15.1. The van der Waals surface area contributed by atoms with E-state index in [9.17, 15) is 0 Å². The number of nitrogens with one attached hydrogen (secondary N) is 1. The van der Waals surface area contributed by atoms with Crippen LogP contribution in [0.3, 0.4) is 0 Å². The van der Waals surface area contributed by atoms with Crippen LogP contribution in [-0.4, -0.2) is 20.1 Å². The highest BCUT2D eigenvalue weighted by molar-refractivity contribution is 9.10. The van der Waals surface area contributed by atoms with Crippen molar-refractivity contribution >= 4 is 21.6 Å². The zero-order valence-electron chi connectivity index (χ0n) is 13.5. The first-order valence-electron chi connectivity index (χ1n) is 7.69. The minimum Gasteiger partial charge on any atom is -0.374 e. The van der Waals surface area contributed by atoms with Gasteiger partial charge in [-0.2, -0.15) is 0 Å². The molecule has 1 atom stereocenters. The minimum atomic E-state index is 0.379. The average molecular weight is 341 g/mol. The molecule has 114 valence electrons. The highest BCUT2D eigenvalue weighted by Gasteiger charge is 2.14. The van der Waals surface area contributed by atoms with Gasteiger partial charge in [0.25, 0.3) is 0 Å². The first-order chi connectivity index (χ1) is 9.45. The summed E-state index contributed by atoms with van der Waals surface area (Å²) in [6, 6.07) is 6.99. The topological polar surface area (TPSA) is 15.3 Å². The van der Waals surface area contributed by atoms with Crippen LogP contribution in [0.1, 0.15) is 52.1 Å². The van der Waals surface area contributed by atoms with Gasteiger partial charge in [0.2, 0.25) is 0 Å². The lowest BCUT2D eigenvalue weighted by Crippen LogP contribution is -2.25. The second-order valence-electron chi connectivity index (χ2n) is 5.98. The second-order valence-corrected chi connectivity index (χ2v) is 6.90. The summed E-state index contributed by atoms with van der Waals surface area (Å²) in [4.78, 5) is 2.38. The summed E-state index contributed by atoms with van der Waals surface area (Å²) in [5.41, 5.74) is 2.71. The molecule has 2 nitrogen and oxygen atoms in total. The Labute approximate surface area is 133 Å². The fraction of sp³-hybridized carbons (Fsp3) is 0.647. The van der Waals surface area contributed by atoms with Gasteiger partial charge >= 0.3 is 0 Å². The minimum absolute atomic E-state index is 0.379. The van der Waals surface area contributed by atoms with E-state index in [0.717, 1.165) is 29.9 Å². The molecule has 0 aliphatic rings. The summed E-state index contributed by atoms with van der Waals surface area (Å²) < 4.78 is 1.15. The van der Waals surface area contributed by atoms with Crippen LogP contribution >= 0.6 is 15.9 Å². The first-order valence-corrected chi connectivity index (χ1v) is 8.49. The van der Waals surface area contributed by atoms with Crippen molar-refractivity contribution in [3.8, 4) is 0 Å².